The van der Waals surface area contributed by atoms with Crippen LogP contribution in [0.15, 0.2) is 54.6 Å². The van der Waals surface area contributed by atoms with Gasteiger partial charge in [0.15, 0.2) is 0 Å². The number of likely N-dealkylation sites (tertiary alicyclic amines) is 1. The summed E-state index contributed by atoms with van der Waals surface area (Å²) in [6.07, 6.45) is 3.66. The molecule has 1 aliphatic heterocycles. The number of piperidine rings is 1. The van der Waals surface area contributed by atoms with Crippen molar-refractivity contribution in [3.63, 3.8) is 0 Å². The second-order valence-corrected chi connectivity index (χ2v) is 7.90. The SMILES string of the molecule is O=C(NC1CCN(C(C(=O)Nc2ccc(F)cc2)c2ccccc2)CC1)C1CC1. The van der Waals surface area contributed by atoms with Crippen molar-refractivity contribution in [3.05, 3.63) is 66.0 Å². The van der Waals surface area contributed by atoms with Crippen molar-refractivity contribution in [2.75, 3.05) is 18.4 Å². The van der Waals surface area contributed by atoms with Gasteiger partial charge in [-0.05, 0) is 55.5 Å². The summed E-state index contributed by atoms with van der Waals surface area (Å²) in [5.41, 5.74) is 1.50. The summed E-state index contributed by atoms with van der Waals surface area (Å²) in [6, 6.07) is 15.2. The quantitative estimate of drug-likeness (QED) is 0.787. The fourth-order valence-electron chi connectivity index (χ4n) is 3.87. The predicted molar refractivity (Wildman–Crippen MR) is 110 cm³/mol. The molecule has 2 aliphatic rings. The average molecular weight is 395 g/mol. The van der Waals surface area contributed by atoms with Gasteiger partial charge in [-0.2, -0.15) is 0 Å². The maximum atomic E-state index is 13.2. The zero-order valence-electron chi connectivity index (χ0n) is 16.3. The van der Waals surface area contributed by atoms with Crippen LogP contribution in [0, 0.1) is 11.7 Å². The van der Waals surface area contributed by atoms with E-state index in [1.54, 1.807) is 12.1 Å². The summed E-state index contributed by atoms with van der Waals surface area (Å²) in [7, 11) is 0. The molecule has 5 nitrogen and oxygen atoms in total. The van der Waals surface area contributed by atoms with Gasteiger partial charge in [0.1, 0.15) is 11.9 Å². The van der Waals surface area contributed by atoms with Gasteiger partial charge in [0.2, 0.25) is 11.8 Å². The highest BCUT2D eigenvalue weighted by molar-refractivity contribution is 5.95. The summed E-state index contributed by atoms with van der Waals surface area (Å²) >= 11 is 0. The highest BCUT2D eigenvalue weighted by atomic mass is 19.1. The van der Waals surface area contributed by atoms with Gasteiger partial charge in [-0.15, -0.1) is 0 Å². The van der Waals surface area contributed by atoms with Crippen LogP contribution in [-0.4, -0.2) is 35.8 Å². The number of halogens is 1. The lowest BCUT2D eigenvalue weighted by atomic mass is 9.98. The number of hydrogen-bond acceptors (Lipinski definition) is 3. The van der Waals surface area contributed by atoms with E-state index in [0.29, 0.717) is 5.69 Å². The van der Waals surface area contributed by atoms with Gasteiger partial charge in [-0.3, -0.25) is 14.5 Å². The zero-order chi connectivity index (χ0) is 20.2. The molecule has 152 valence electrons. The van der Waals surface area contributed by atoms with Gasteiger partial charge < -0.3 is 10.6 Å². The molecule has 1 saturated carbocycles. The number of amides is 2. The number of carbonyl (C=O) groups excluding carboxylic acids is 2. The molecule has 0 spiro atoms. The first-order valence-electron chi connectivity index (χ1n) is 10.3. The molecular weight excluding hydrogens is 369 g/mol. The van der Waals surface area contributed by atoms with Crippen LogP contribution < -0.4 is 10.6 Å². The molecule has 2 aromatic rings. The first-order valence-corrected chi connectivity index (χ1v) is 10.3. The molecular formula is C23H26FN3O2. The van der Waals surface area contributed by atoms with Crippen LogP contribution in [0.25, 0.3) is 0 Å². The van der Waals surface area contributed by atoms with Crippen molar-refractivity contribution < 1.29 is 14.0 Å². The van der Waals surface area contributed by atoms with Gasteiger partial charge in [-0.25, -0.2) is 4.39 Å². The van der Waals surface area contributed by atoms with Crippen LogP contribution in [0.3, 0.4) is 0 Å². The van der Waals surface area contributed by atoms with Crippen LogP contribution in [-0.2, 0) is 9.59 Å². The molecule has 1 heterocycles. The molecule has 2 amide bonds. The van der Waals surface area contributed by atoms with Crippen LogP contribution in [0.4, 0.5) is 10.1 Å². The third-order valence-electron chi connectivity index (χ3n) is 5.66. The molecule has 1 atom stereocenters. The van der Waals surface area contributed by atoms with E-state index < -0.39 is 6.04 Å². The van der Waals surface area contributed by atoms with Crippen LogP contribution in [0.2, 0.25) is 0 Å². The predicted octanol–water partition coefficient (Wildman–Crippen LogP) is 3.50. The number of anilines is 1. The van der Waals surface area contributed by atoms with Crippen molar-refractivity contribution in [1.82, 2.24) is 10.2 Å². The minimum absolute atomic E-state index is 0.136. The number of benzene rings is 2. The Hall–Kier alpha value is -2.73. The molecule has 1 saturated heterocycles. The van der Waals surface area contributed by atoms with Gasteiger partial charge in [-0.1, -0.05) is 30.3 Å². The Morgan fingerprint density at radius 3 is 2.21 bits per heavy atom. The monoisotopic (exact) mass is 395 g/mol. The molecule has 4 rings (SSSR count). The Labute approximate surface area is 170 Å². The van der Waals surface area contributed by atoms with Crippen molar-refractivity contribution >= 4 is 17.5 Å². The van der Waals surface area contributed by atoms with Gasteiger partial charge in [0, 0.05) is 30.7 Å². The van der Waals surface area contributed by atoms with E-state index in [2.05, 4.69) is 15.5 Å². The third kappa shape index (κ3) is 5.01. The summed E-state index contributed by atoms with van der Waals surface area (Å²) < 4.78 is 13.2. The van der Waals surface area contributed by atoms with Crippen molar-refractivity contribution in [2.45, 2.75) is 37.8 Å². The minimum atomic E-state index is -0.429. The fraction of sp³-hybridized carbons (Fsp3) is 0.391. The number of hydrogen-bond donors (Lipinski definition) is 2. The number of nitrogens with zero attached hydrogens (tertiary/aromatic N) is 1. The highest BCUT2D eigenvalue weighted by Gasteiger charge is 2.34. The van der Waals surface area contributed by atoms with E-state index in [1.807, 2.05) is 30.3 Å². The number of carbonyl (C=O) groups is 2. The third-order valence-corrected chi connectivity index (χ3v) is 5.66. The van der Waals surface area contributed by atoms with Crippen LogP contribution >= 0.6 is 0 Å². The van der Waals surface area contributed by atoms with Gasteiger partial charge in [0.25, 0.3) is 0 Å². The first kappa shape index (κ1) is 19.6. The molecule has 2 fully saturated rings. The second kappa shape index (κ2) is 8.74. The van der Waals surface area contributed by atoms with Crippen LogP contribution in [0.1, 0.15) is 37.3 Å². The fourth-order valence-corrected chi connectivity index (χ4v) is 3.87. The number of nitrogens with one attached hydrogen (secondary N) is 2. The average Bonchev–Trinajstić information content (AvgIpc) is 3.58. The van der Waals surface area contributed by atoms with E-state index in [1.165, 1.54) is 12.1 Å². The lowest BCUT2D eigenvalue weighted by Crippen LogP contribution is -2.48. The van der Waals surface area contributed by atoms with E-state index in [-0.39, 0.29) is 29.6 Å². The lowest BCUT2D eigenvalue weighted by Gasteiger charge is -2.37. The standard InChI is InChI=1S/C23H26FN3O2/c24-18-8-10-19(11-9-18)26-23(29)21(16-4-2-1-3-5-16)27-14-12-20(13-15-27)25-22(28)17-6-7-17/h1-5,8-11,17,20-21H,6-7,12-15H2,(H,25,28)(H,26,29). The molecule has 2 N–H and O–H groups in total. The topological polar surface area (TPSA) is 61.4 Å². The Kier molecular flexibility index (Phi) is 5.90. The van der Waals surface area contributed by atoms with Crippen molar-refractivity contribution in [1.29, 1.82) is 0 Å². The van der Waals surface area contributed by atoms with Gasteiger partial charge in [0.05, 0.1) is 0 Å². The summed E-state index contributed by atoms with van der Waals surface area (Å²) in [5, 5.41) is 6.07. The maximum absolute atomic E-state index is 13.2. The van der Waals surface area contributed by atoms with E-state index in [0.717, 1.165) is 44.3 Å². The van der Waals surface area contributed by atoms with E-state index in [4.69, 9.17) is 0 Å². The van der Waals surface area contributed by atoms with Gasteiger partial charge >= 0.3 is 0 Å². The largest absolute Gasteiger partial charge is 0.353 e. The van der Waals surface area contributed by atoms with E-state index in [9.17, 15) is 14.0 Å². The Balaban J connectivity index is 1.44. The summed E-state index contributed by atoms with van der Waals surface area (Å²) in [5.74, 6) is -0.0788. The smallest absolute Gasteiger partial charge is 0.246 e. The van der Waals surface area contributed by atoms with Crippen molar-refractivity contribution in [2.24, 2.45) is 5.92 Å². The minimum Gasteiger partial charge on any atom is -0.353 e. The summed E-state index contributed by atoms with van der Waals surface area (Å²) in [6.45, 7) is 1.46. The molecule has 0 aromatic heterocycles. The highest BCUT2D eigenvalue weighted by Crippen LogP contribution is 2.30. The zero-order valence-corrected chi connectivity index (χ0v) is 16.3. The summed E-state index contributed by atoms with van der Waals surface area (Å²) in [4.78, 5) is 27.3. The Morgan fingerprint density at radius 2 is 1.59 bits per heavy atom. The molecule has 1 unspecified atom stereocenters. The molecule has 6 heteroatoms. The van der Waals surface area contributed by atoms with Crippen LogP contribution in [0.5, 0.6) is 0 Å². The second-order valence-electron chi connectivity index (χ2n) is 7.90. The lowest BCUT2D eigenvalue weighted by molar-refractivity contribution is -0.125. The maximum Gasteiger partial charge on any atom is 0.246 e. The first-order chi connectivity index (χ1) is 14.1. The molecule has 29 heavy (non-hydrogen) atoms. The number of rotatable bonds is 6. The molecule has 1 aliphatic carbocycles. The Morgan fingerprint density at radius 1 is 0.931 bits per heavy atom. The van der Waals surface area contributed by atoms with Crippen molar-refractivity contribution in [3.8, 4) is 0 Å². The Bertz CT molecular complexity index is 844. The normalized spacial score (nSPS) is 18.8. The molecule has 0 bridgehead atoms. The van der Waals surface area contributed by atoms with E-state index >= 15 is 0 Å². The molecule has 0 radical (unpaired) electrons. The molecule has 2 aromatic carbocycles.